The van der Waals surface area contributed by atoms with Gasteiger partial charge in [0.25, 0.3) is 0 Å². The second-order valence-electron chi connectivity index (χ2n) is 4.55. The zero-order valence-corrected chi connectivity index (χ0v) is 11.6. The molecular weight excluding hydrogens is 234 g/mol. The normalized spacial score (nSPS) is 10.9. The largest absolute Gasteiger partial charge is 0.317 e. The maximum atomic E-state index is 5.76. The summed E-state index contributed by atoms with van der Waals surface area (Å²) < 4.78 is 2.06. The van der Waals surface area contributed by atoms with Crippen molar-refractivity contribution in [2.75, 3.05) is 0 Å². The van der Waals surface area contributed by atoms with Crippen LogP contribution in [0.3, 0.4) is 0 Å². The van der Waals surface area contributed by atoms with Crippen molar-refractivity contribution < 1.29 is 0 Å². The van der Waals surface area contributed by atoms with Crippen LogP contribution in [-0.4, -0.2) is 14.8 Å². The molecule has 1 aromatic heterocycles. The predicted octanol–water partition coefficient (Wildman–Crippen LogP) is 4.16. The standard InChI is InChI=1S/C13H24ClN3/c1-2-3-4-5-6-7-8-9-10-17-12-15-16-13(17)11-14/h12H,2-11H2,1H3. The van der Waals surface area contributed by atoms with Crippen LogP contribution >= 0.6 is 11.6 Å². The average molecular weight is 258 g/mol. The molecule has 98 valence electrons. The molecule has 0 aromatic carbocycles. The summed E-state index contributed by atoms with van der Waals surface area (Å²) in [7, 11) is 0. The Hall–Kier alpha value is -0.570. The number of alkyl halides is 1. The number of hydrogen-bond donors (Lipinski definition) is 0. The minimum Gasteiger partial charge on any atom is -0.317 e. The van der Waals surface area contributed by atoms with Crippen LogP contribution in [0.2, 0.25) is 0 Å². The maximum Gasteiger partial charge on any atom is 0.147 e. The van der Waals surface area contributed by atoms with E-state index in [1.165, 1.54) is 51.4 Å². The van der Waals surface area contributed by atoms with Crippen molar-refractivity contribution >= 4 is 11.6 Å². The molecule has 0 unspecified atom stereocenters. The van der Waals surface area contributed by atoms with Crippen molar-refractivity contribution in [1.29, 1.82) is 0 Å². The summed E-state index contributed by atoms with van der Waals surface area (Å²) in [5.74, 6) is 1.34. The molecule has 0 spiro atoms. The topological polar surface area (TPSA) is 30.7 Å². The number of rotatable bonds is 10. The summed E-state index contributed by atoms with van der Waals surface area (Å²) in [5, 5.41) is 7.83. The van der Waals surface area contributed by atoms with Gasteiger partial charge in [0.15, 0.2) is 0 Å². The Morgan fingerprint density at radius 3 is 2.35 bits per heavy atom. The molecule has 0 aliphatic carbocycles. The lowest BCUT2D eigenvalue weighted by atomic mass is 10.1. The highest BCUT2D eigenvalue weighted by atomic mass is 35.5. The SMILES string of the molecule is CCCCCCCCCCn1cnnc1CCl. The number of aryl methyl sites for hydroxylation is 1. The van der Waals surface area contributed by atoms with Gasteiger partial charge in [-0.1, -0.05) is 51.9 Å². The van der Waals surface area contributed by atoms with Crippen molar-refractivity contribution in [3.8, 4) is 0 Å². The monoisotopic (exact) mass is 257 g/mol. The van der Waals surface area contributed by atoms with E-state index in [4.69, 9.17) is 11.6 Å². The summed E-state index contributed by atoms with van der Waals surface area (Å²) in [6.07, 6.45) is 12.5. The molecule has 0 saturated carbocycles. The van der Waals surface area contributed by atoms with E-state index in [-0.39, 0.29) is 0 Å². The van der Waals surface area contributed by atoms with E-state index >= 15 is 0 Å². The molecule has 0 N–H and O–H groups in total. The molecule has 3 nitrogen and oxygen atoms in total. The third kappa shape index (κ3) is 6.06. The molecule has 1 aromatic rings. The van der Waals surface area contributed by atoms with Gasteiger partial charge in [-0.25, -0.2) is 0 Å². The van der Waals surface area contributed by atoms with Gasteiger partial charge in [-0.05, 0) is 6.42 Å². The Morgan fingerprint density at radius 1 is 1.06 bits per heavy atom. The van der Waals surface area contributed by atoms with Gasteiger partial charge in [0.2, 0.25) is 0 Å². The van der Waals surface area contributed by atoms with E-state index in [2.05, 4.69) is 21.7 Å². The van der Waals surface area contributed by atoms with Gasteiger partial charge >= 0.3 is 0 Å². The summed E-state index contributed by atoms with van der Waals surface area (Å²) in [5.41, 5.74) is 0. The van der Waals surface area contributed by atoms with E-state index in [1.54, 1.807) is 6.33 Å². The molecule has 0 aliphatic rings. The minimum atomic E-state index is 0.455. The van der Waals surface area contributed by atoms with Gasteiger partial charge < -0.3 is 4.57 Å². The van der Waals surface area contributed by atoms with Crippen LogP contribution in [0.25, 0.3) is 0 Å². The van der Waals surface area contributed by atoms with Crippen LogP contribution in [0.4, 0.5) is 0 Å². The fourth-order valence-electron chi connectivity index (χ4n) is 1.99. The molecule has 17 heavy (non-hydrogen) atoms. The van der Waals surface area contributed by atoms with Gasteiger partial charge in [-0.2, -0.15) is 0 Å². The first kappa shape index (κ1) is 14.5. The highest BCUT2D eigenvalue weighted by Gasteiger charge is 2.01. The molecule has 4 heteroatoms. The van der Waals surface area contributed by atoms with Crippen molar-refractivity contribution in [1.82, 2.24) is 14.8 Å². The highest BCUT2D eigenvalue weighted by Crippen LogP contribution is 2.09. The summed E-state index contributed by atoms with van der Waals surface area (Å²) in [4.78, 5) is 0. The van der Waals surface area contributed by atoms with Crippen LogP contribution in [0.1, 0.15) is 64.1 Å². The second kappa shape index (κ2) is 9.46. The van der Waals surface area contributed by atoms with E-state index < -0.39 is 0 Å². The first-order chi connectivity index (χ1) is 8.38. The van der Waals surface area contributed by atoms with Crippen LogP contribution < -0.4 is 0 Å². The smallest absolute Gasteiger partial charge is 0.147 e. The van der Waals surface area contributed by atoms with Crippen molar-refractivity contribution in [2.45, 2.75) is 70.7 Å². The van der Waals surface area contributed by atoms with Crippen molar-refractivity contribution in [2.24, 2.45) is 0 Å². The summed E-state index contributed by atoms with van der Waals surface area (Å²) in [6.45, 7) is 3.26. The number of unbranched alkanes of at least 4 members (excludes halogenated alkanes) is 7. The second-order valence-corrected chi connectivity index (χ2v) is 4.82. The summed E-state index contributed by atoms with van der Waals surface area (Å²) >= 11 is 5.76. The van der Waals surface area contributed by atoms with Crippen LogP contribution in [0.5, 0.6) is 0 Å². The number of nitrogens with zero attached hydrogens (tertiary/aromatic N) is 3. The third-order valence-electron chi connectivity index (χ3n) is 3.07. The zero-order chi connectivity index (χ0) is 12.3. The fourth-order valence-corrected chi connectivity index (χ4v) is 2.19. The van der Waals surface area contributed by atoms with Gasteiger partial charge in [0.05, 0.1) is 5.88 Å². The fraction of sp³-hybridized carbons (Fsp3) is 0.846. The number of hydrogen-bond acceptors (Lipinski definition) is 2. The van der Waals surface area contributed by atoms with Crippen LogP contribution in [-0.2, 0) is 12.4 Å². The number of halogens is 1. The molecule has 1 heterocycles. The van der Waals surface area contributed by atoms with Crippen LogP contribution in [0, 0.1) is 0 Å². The lowest BCUT2D eigenvalue weighted by Crippen LogP contribution is -2.01. The van der Waals surface area contributed by atoms with E-state index in [9.17, 15) is 0 Å². The number of aromatic nitrogens is 3. The highest BCUT2D eigenvalue weighted by molar-refractivity contribution is 6.16. The molecule has 1 rings (SSSR count). The van der Waals surface area contributed by atoms with Gasteiger partial charge in [0, 0.05) is 6.54 Å². The molecule has 0 fully saturated rings. The Morgan fingerprint density at radius 2 is 1.71 bits per heavy atom. The Balaban J connectivity index is 1.97. The predicted molar refractivity (Wildman–Crippen MR) is 72.2 cm³/mol. The third-order valence-corrected chi connectivity index (χ3v) is 3.31. The summed E-state index contributed by atoms with van der Waals surface area (Å²) in [6, 6.07) is 0. The van der Waals surface area contributed by atoms with Crippen molar-refractivity contribution in [3.05, 3.63) is 12.2 Å². The van der Waals surface area contributed by atoms with Gasteiger partial charge in [-0.3, -0.25) is 0 Å². The molecule has 0 aliphatic heterocycles. The lowest BCUT2D eigenvalue weighted by molar-refractivity contribution is 0.538. The van der Waals surface area contributed by atoms with E-state index in [0.29, 0.717) is 5.88 Å². The average Bonchev–Trinajstić information content (AvgIpc) is 2.80. The van der Waals surface area contributed by atoms with Gasteiger partial charge in [-0.15, -0.1) is 21.8 Å². The van der Waals surface area contributed by atoms with E-state index in [1.807, 2.05) is 0 Å². The van der Waals surface area contributed by atoms with E-state index in [0.717, 1.165) is 12.4 Å². The molecule has 0 amide bonds. The zero-order valence-electron chi connectivity index (χ0n) is 10.9. The maximum absolute atomic E-state index is 5.76. The Kier molecular flexibility index (Phi) is 8.06. The van der Waals surface area contributed by atoms with Crippen molar-refractivity contribution in [3.63, 3.8) is 0 Å². The molecular formula is C13H24ClN3. The Labute approximate surface area is 110 Å². The first-order valence-electron chi connectivity index (χ1n) is 6.81. The van der Waals surface area contributed by atoms with Crippen LogP contribution in [0.15, 0.2) is 6.33 Å². The molecule has 0 bridgehead atoms. The minimum absolute atomic E-state index is 0.455. The first-order valence-corrected chi connectivity index (χ1v) is 7.34. The molecule has 0 atom stereocenters. The quantitative estimate of drug-likeness (QED) is 0.466. The Bertz CT molecular complexity index is 286. The van der Waals surface area contributed by atoms with Gasteiger partial charge in [0.1, 0.15) is 12.2 Å². The molecule has 0 saturated heterocycles. The lowest BCUT2D eigenvalue weighted by Gasteiger charge is -2.04. The molecule has 0 radical (unpaired) electrons.